The van der Waals surface area contributed by atoms with E-state index in [4.69, 9.17) is 5.11 Å². The van der Waals surface area contributed by atoms with Crippen LogP contribution in [0.3, 0.4) is 0 Å². The molecule has 0 aromatic heterocycles. The second kappa shape index (κ2) is 4.34. The molecule has 60 valence electrons. The van der Waals surface area contributed by atoms with Gasteiger partial charge in [0.25, 0.3) is 0 Å². The summed E-state index contributed by atoms with van der Waals surface area (Å²) in [4.78, 5) is 10.2. The monoisotopic (exact) mass is 326 g/mol. The molecule has 0 heterocycles. The number of hydrogen-bond donors (Lipinski definition) is 1. The topological polar surface area (TPSA) is 37.3 Å². The first-order valence-corrected chi connectivity index (χ1v) is 4.22. The summed E-state index contributed by atoms with van der Waals surface area (Å²) >= 11 is 0.687. The summed E-state index contributed by atoms with van der Waals surface area (Å²) in [7, 11) is 0. The van der Waals surface area contributed by atoms with Crippen molar-refractivity contribution in [2.45, 2.75) is 6.92 Å². The second-order valence-corrected chi connectivity index (χ2v) is 3.22. The van der Waals surface area contributed by atoms with Gasteiger partial charge in [-0.2, -0.15) is 0 Å². The normalized spacial score (nSPS) is 10.9. The van der Waals surface area contributed by atoms with Crippen molar-refractivity contribution in [3.05, 3.63) is 23.8 Å². The molecule has 0 aromatic carbocycles. The molecule has 0 aromatic rings. The van der Waals surface area contributed by atoms with Crippen LogP contribution in [0.1, 0.15) is 6.92 Å². The van der Waals surface area contributed by atoms with Gasteiger partial charge in [0, 0.05) is 0 Å². The molecule has 0 radical (unpaired) electrons. The number of hydrogen-bond acceptors (Lipinski definition) is 1. The van der Waals surface area contributed by atoms with Crippen molar-refractivity contribution in [1.82, 2.24) is 0 Å². The minimum absolute atomic E-state index is 0.0982. The Labute approximate surface area is 74.8 Å². The average molecular weight is 326 g/mol. The van der Waals surface area contributed by atoms with E-state index in [9.17, 15) is 9.18 Å². The predicted octanol–water partition coefficient (Wildman–Crippen LogP) is 1.22. The number of carbonyl (C=O) groups is 1. The molecule has 0 rings (SSSR count). The molecule has 0 unspecified atom stereocenters. The van der Waals surface area contributed by atoms with Crippen molar-refractivity contribution in [2.24, 2.45) is 0 Å². The van der Waals surface area contributed by atoms with Crippen LogP contribution < -0.4 is 0 Å². The van der Waals surface area contributed by atoms with Gasteiger partial charge < -0.3 is 0 Å². The fraction of sp³-hybridized carbons (Fsp3) is 0.143. The Balaban J connectivity index is 4.44. The van der Waals surface area contributed by atoms with Crippen molar-refractivity contribution in [2.75, 3.05) is 0 Å². The second-order valence-electron chi connectivity index (χ2n) is 1.93. The minimum atomic E-state index is -1.12. The molecule has 0 bridgehead atoms. The molecule has 0 saturated heterocycles. The molecule has 0 aliphatic heterocycles. The molecule has 0 amide bonds. The zero-order chi connectivity index (χ0) is 9.02. The van der Waals surface area contributed by atoms with Crippen molar-refractivity contribution in [3.8, 4) is 0 Å². The number of aliphatic carboxylic acids is 1. The van der Waals surface area contributed by atoms with Crippen molar-refractivity contribution in [1.29, 1.82) is 0 Å². The molecule has 4 heteroatoms. The molecule has 0 aliphatic rings. The molecule has 0 aliphatic carbocycles. The average Bonchev–Trinajstić information content (AvgIpc) is 1.87. The SMILES string of the molecule is C=C(C=C(C)[C](F)=[W])C(=O)O. The van der Waals surface area contributed by atoms with Gasteiger partial charge in [0.15, 0.2) is 0 Å². The molecular weight excluding hydrogens is 319 g/mol. The van der Waals surface area contributed by atoms with E-state index in [0.717, 1.165) is 0 Å². The fourth-order valence-electron chi connectivity index (χ4n) is 0.380. The molecule has 0 spiro atoms. The number of carboxylic acid groups (broad SMARTS) is 1. The number of halogens is 1. The third-order valence-electron chi connectivity index (χ3n) is 0.975. The van der Waals surface area contributed by atoms with Crippen molar-refractivity contribution in [3.63, 3.8) is 0 Å². The number of carboxylic acids is 1. The summed E-state index contributed by atoms with van der Waals surface area (Å²) in [5, 5.41) is 8.34. The molecule has 11 heavy (non-hydrogen) atoms. The Morgan fingerprint density at radius 3 is 2.45 bits per heavy atom. The Kier molecular flexibility index (Phi) is 4.12. The third kappa shape index (κ3) is 3.99. The van der Waals surface area contributed by atoms with Crippen LogP contribution in [0.4, 0.5) is 4.39 Å². The van der Waals surface area contributed by atoms with E-state index in [1.165, 1.54) is 13.0 Å². The third-order valence-corrected chi connectivity index (χ3v) is 2.13. The van der Waals surface area contributed by atoms with Gasteiger partial charge in [-0.15, -0.1) is 0 Å². The molecule has 0 atom stereocenters. The summed E-state index contributed by atoms with van der Waals surface area (Å²) in [6, 6.07) is 0. The van der Waals surface area contributed by atoms with Crippen molar-refractivity contribution < 1.29 is 33.6 Å². The van der Waals surface area contributed by atoms with Crippen LogP contribution >= 0.6 is 0 Å². The van der Waals surface area contributed by atoms with E-state index < -0.39 is 5.97 Å². The zero-order valence-corrected chi connectivity index (χ0v) is 8.86. The Morgan fingerprint density at radius 2 is 2.18 bits per heavy atom. The van der Waals surface area contributed by atoms with Gasteiger partial charge in [-0.1, -0.05) is 0 Å². The summed E-state index contributed by atoms with van der Waals surface area (Å²) < 4.78 is 12.1. The zero-order valence-electron chi connectivity index (χ0n) is 5.93. The maximum absolute atomic E-state index is 12.4. The van der Waals surface area contributed by atoms with Crippen LogP contribution in [0.25, 0.3) is 0 Å². The van der Waals surface area contributed by atoms with Gasteiger partial charge >= 0.3 is 74.5 Å². The van der Waals surface area contributed by atoms with Crippen LogP contribution in [0.5, 0.6) is 0 Å². The van der Waals surface area contributed by atoms with Gasteiger partial charge in [-0.25, -0.2) is 0 Å². The quantitative estimate of drug-likeness (QED) is 0.626. The van der Waals surface area contributed by atoms with E-state index in [1.807, 2.05) is 0 Å². The first kappa shape index (κ1) is 10.4. The van der Waals surface area contributed by atoms with Gasteiger partial charge in [0.1, 0.15) is 0 Å². The molecule has 0 fully saturated rings. The first-order chi connectivity index (χ1) is 4.95. The number of allylic oxidation sites excluding steroid dienone is 1. The maximum atomic E-state index is 12.4. The molecule has 0 saturated carbocycles. The van der Waals surface area contributed by atoms with Crippen LogP contribution in [0.15, 0.2) is 23.8 Å². The van der Waals surface area contributed by atoms with Gasteiger partial charge in [0.05, 0.1) is 0 Å². The Hall–Kier alpha value is -0.562. The Bertz CT molecular complexity index is 243. The summed E-state index contributed by atoms with van der Waals surface area (Å²) in [5.41, 5.74) is 0.228. The first-order valence-electron chi connectivity index (χ1n) is 2.75. The van der Waals surface area contributed by atoms with E-state index in [-0.39, 0.29) is 9.72 Å². The summed E-state index contributed by atoms with van der Waals surface area (Å²) in [6.45, 7) is 4.74. The van der Waals surface area contributed by atoms with Gasteiger partial charge in [-0.3, -0.25) is 0 Å². The van der Waals surface area contributed by atoms with E-state index in [0.29, 0.717) is 24.9 Å². The summed E-state index contributed by atoms with van der Waals surface area (Å²) in [6.07, 6.45) is 1.21. The van der Waals surface area contributed by atoms with E-state index >= 15 is 0 Å². The fourth-order valence-corrected chi connectivity index (χ4v) is 0.592. The van der Waals surface area contributed by atoms with E-state index in [1.54, 1.807) is 0 Å². The van der Waals surface area contributed by atoms with Crippen LogP contribution in [-0.2, 0) is 24.1 Å². The summed E-state index contributed by atoms with van der Waals surface area (Å²) in [5.74, 6) is -1.12. The number of rotatable bonds is 3. The van der Waals surface area contributed by atoms with Crippen LogP contribution in [-0.4, -0.2) is 15.2 Å². The molecular formula is C7H7FO2W. The van der Waals surface area contributed by atoms with Gasteiger partial charge in [-0.05, 0) is 0 Å². The van der Waals surface area contributed by atoms with Gasteiger partial charge in [0.2, 0.25) is 0 Å². The standard InChI is InChI=1S/C7H7FO2.W/c1-5(4-8)3-6(2)7(9)10;/h3H,2H2,1H3,(H,9,10);. The Morgan fingerprint density at radius 1 is 1.73 bits per heavy atom. The van der Waals surface area contributed by atoms with Crippen LogP contribution in [0.2, 0.25) is 0 Å². The van der Waals surface area contributed by atoms with E-state index in [2.05, 4.69) is 6.58 Å². The molecule has 1 N–H and O–H groups in total. The molecule has 2 nitrogen and oxygen atoms in total. The van der Waals surface area contributed by atoms with Crippen molar-refractivity contribution >= 4 is 10.1 Å². The van der Waals surface area contributed by atoms with Crippen LogP contribution in [0, 0.1) is 0 Å². The predicted molar refractivity (Wildman–Crippen MR) is 36.6 cm³/mol.